The Hall–Kier alpha value is -2.28. The molecule has 0 saturated carbocycles. The van der Waals surface area contributed by atoms with Crippen LogP contribution in [0.2, 0.25) is 0 Å². The summed E-state index contributed by atoms with van der Waals surface area (Å²) in [5, 5.41) is 2.42. The van der Waals surface area contributed by atoms with Gasteiger partial charge in [-0.25, -0.2) is 0 Å². The summed E-state index contributed by atoms with van der Waals surface area (Å²) in [4.78, 5) is 0. The second-order valence-electron chi connectivity index (χ2n) is 5.26. The van der Waals surface area contributed by atoms with E-state index in [1.807, 2.05) is 6.07 Å². The fourth-order valence-electron chi connectivity index (χ4n) is 2.52. The van der Waals surface area contributed by atoms with Crippen LogP contribution in [0.25, 0.3) is 21.9 Å². The molecule has 0 heterocycles. The lowest BCUT2D eigenvalue weighted by Crippen LogP contribution is -1.97. The van der Waals surface area contributed by atoms with Crippen molar-refractivity contribution in [3.8, 4) is 16.9 Å². The van der Waals surface area contributed by atoms with E-state index in [-0.39, 0.29) is 0 Å². The number of hydrogen-bond donors (Lipinski definition) is 0. The van der Waals surface area contributed by atoms with E-state index in [9.17, 15) is 0 Å². The molecular weight excluding hydrogens is 256 g/mol. The molecule has 0 amide bonds. The monoisotopic (exact) mass is 276 g/mol. The van der Waals surface area contributed by atoms with Gasteiger partial charge in [0.2, 0.25) is 0 Å². The Kier molecular flexibility index (Phi) is 4.20. The van der Waals surface area contributed by atoms with E-state index in [2.05, 4.69) is 67.6 Å². The molecule has 0 aromatic heterocycles. The Balaban J connectivity index is 2.06. The summed E-state index contributed by atoms with van der Waals surface area (Å²) in [5.74, 6) is 0.986. The van der Waals surface area contributed by atoms with Gasteiger partial charge >= 0.3 is 0 Å². The smallest absolute Gasteiger partial charge is 0.127 e. The summed E-state index contributed by atoms with van der Waals surface area (Å²) < 4.78 is 6.02. The predicted molar refractivity (Wildman–Crippen MR) is 89.8 cm³/mol. The lowest BCUT2D eigenvalue weighted by atomic mass is 10.0. The van der Waals surface area contributed by atoms with E-state index in [4.69, 9.17) is 4.74 Å². The second-order valence-corrected chi connectivity index (χ2v) is 5.26. The van der Waals surface area contributed by atoms with Crippen molar-refractivity contribution in [1.82, 2.24) is 0 Å². The fraction of sp³-hybridized carbons (Fsp3) is 0.200. The first-order valence-electron chi connectivity index (χ1n) is 7.59. The van der Waals surface area contributed by atoms with Gasteiger partial charge in [0.05, 0.1) is 6.61 Å². The van der Waals surface area contributed by atoms with E-state index in [0.29, 0.717) is 0 Å². The zero-order chi connectivity index (χ0) is 14.5. The maximum atomic E-state index is 6.02. The molecule has 0 fully saturated rings. The molecule has 0 saturated heterocycles. The first-order valence-corrected chi connectivity index (χ1v) is 7.59. The van der Waals surface area contributed by atoms with E-state index in [1.54, 1.807) is 0 Å². The Morgan fingerprint density at radius 3 is 2.38 bits per heavy atom. The topological polar surface area (TPSA) is 9.23 Å². The summed E-state index contributed by atoms with van der Waals surface area (Å²) in [6.45, 7) is 2.96. The zero-order valence-electron chi connectivity index (χ0n) is 12.4. The van der Waals surface area contributed by atoms with Crippen molar-refractivity contribution in [2.24, 2.45) is 0 Å². The molecule has 0 spiro atoms. The first kappa shape index (κ1) is 13.7. The van der Waals surface area contributed by atoms with Crippen molar-refractivity contribution in [2.75, 3.05) is 6.61 Å². The van der Waals surface area contributed by atoms with E-state index in [0.717, 1.165) is 25.2 Å². The van der Waals surface area contributed by atoms with Crippen molar-refractivity contribution >= 4 is 10.8 Å². The normalized spacial score (nSPS) is 10.7. The molecule has 21 heavy (non-hydrogen) atoms. The van der Waals surface area contributed by atoms with Crippen LogP contribution >= 0.6 is 0 Å². The third kappa shape index (κ3) is 3.08. The molecule has 106 valence electrons. The van der Waals surface area contributed by atoms with Gasteiger partial charge in [0, 0.05) is 5.39 Å². The number of rotatable bonds is 5. The first-order chi connectivity index (χ1) is 10.4. The molecule has 0 aliphatic carbocycles. The highest BCUT2D eigenvalue weighted by Gasteiger charge is 2.06. The molecule has 0 N–H and O–H groups in total. The number of fused-ring (bicyclic) bond motifs is 1. The molecule has 3 aromatic rings. The summed E-state index contributed by atoms with van der Waals surface area (Å²) >= 11 is 0. The third-order valence-corrected chi connectivity index (χ3v) is 3.69. The Morgan fingerprint density at radius 1 is 0.810 bits per heavy atom. The summed E-state index contributed by atoms with van der Waals surface area (Å²) in [6, 6.07) is 23.3. The quantitative estimate of drug-likeness (QED) is 0.544. The predicted octanol–water partition coefficient (Wildman–Crippen LogP) is 5.69. The van der Waals surface area contributed by atoms with Gasteiger partial charge in [0.25, 0.3) is 0 Å². The number of hydrogen-bond acceptors (Lipinski definition) is 1. The summed E-state index contributed by atoms with van der Waals surface area (Å²) in [6.07, 6.45) is 2.24. The van der Waals surface area contributed by atoms with E-state index < -0.39 is 0 Å². The average molecular weight is 276 g/mol. The molecule has 1 nitrogen and oxygen atoms in total. The van der Waals surface area contributed by atoms with Gasteiger partial charge in [0.1, 0.15) is 5.75 Å². The molecule has 0 atom stereocenters. The Labute approximate surface area is 126 Å². The standard InChI is InChI=1S/C20H20O/c1-2-3-13-21-20-15-18(16-9-5-4-6-10-16)14-17-11-7-8-12-19(17)20/h4-12,14-15H,2-3,13H2,1H3. The van der Waals surface area contributed by atoms with Crippen LogP contribution in [0.15, 0.2) is 66.7 Å². The lowest BCUT2D eigenvalue weighted by molar-refractivity contribution is 0.313. The van der Waals surface area contributed by atoms with Crippen molar-refractivity contribution in [3.05, 3.63) is 66.7 Å². The molecule has 0 radical (unpaired) electrons. The summed E-state index contributed by atoms with van der Waals surface area (Å²) in [7, 11) is 0. The molecule has 3 aromatic carbocycles. The van der Waals surface area contributed by atoms with Crippen LogP contribution in [-0.4, -0.2) is 6.61 Å². The van der Waals surface area contributed by atoms with Gasteiger partial charge in [-0.1, -0.05) is 67.9 Å². The molecule has 0 aliphatic rings. The maximum absolute atomic E-state index is 6.02. The fourth-order valence-corrected chi connectivity index (χ4v) is 2.52. The van der Waals surface area contributed by atoms with Crippen LogP contribution in [-0.2, 0) is 0 Å². The average Bonchev–Trinajstić information content (AvgIpc) is 2.55. The van der Waals surface area contributed by atoms with Crippen LogP contribution in [0, 0.1) is 0 Å². The van der Waals surface area contributed by atoms with Gasteiger partial charge in [-0.15, -0.1) is 0 Å². The van der Waals surface area contributed by atoms with Gasteiger partial charge in [0.15, 0.2) is 0 Å². The Morgan fingerprint density at radius 2 is 1.57 bits per heavy atom. The Bertz CT molecular complexity index is 716. The van der Waals surface area contributed by atoms with Gasteiger partial charge < -0.3 is 4.74 Å². The number of unbranched alkanes of at least 4 members (excludes halogenated alkanes) is 1. The highest BCUT2D eigenvalue weighted by molar-refractivity contribution is 5.92. The van der Waals surface area contributed by atoms with Crippen LogP contribution in [0.1, 0.15) is 19.8 Å². The minimum atomic E-state index is 0.777. The van der Waals surface area contributed by atoms with Gasteiger partial charge in [-0.05, 0) is 35.1 Å². The molecule has 1 heteroatoms. The van der Waals surface area contributed by atoms with E-state index >= 15 is 0 Å². The molecule has 3 rings (SSSR count). The van der Waals surface area contributed by atoms with Crippen LogP contribution in [0.4, 0.5) is 0 Å². The van der Waals surface area contributed by atoms with E-state index in [1.165, 1.54) is 21.9 Å². The SMILES string of the molecule is CCCCOc1cc(-c2ccccc2)cc2ccccc12. The largest absolute Gasteiger partial charge is 0.493 e. The van der Waals surface area contributed by atoms with Crippen molar-refractivity contribution in [3.63, 3.8) is 0 Å². The van der Waals surface area contributed by atoms with Gasteiger partial charge in [-0.3, -0.25) is 0 Å². The van der Waals surface area contributed by atoms with Crippen LogP contribution < -0.4 is 4.74 Å². The maximum Gasteiger partial charge on any atom is 0.127 e. The molecule has 0 unspecified atom stereocenters. The molecule has 0 bridgehead atoms. The van der Waals surface area contributed by atoms with Crippen molar-refractivity contribution < 1.29 is 4.74 Å². The van der Waals surface area contributed by atoms with Crippen LogP contribution in [0.5, 0.6) is 5.75 Å². The third-order valence-electron chi connectivity index (χ3n) is 3.69. The minimum absolute atomic E-state index is 0.777. The van der Waals surface area contributed by atoms with Crippen LogP contribution in [0.3, 0.4) is 0 Å². The zero-order valence-corrected chi connectivity index (χ0v) is 12.4. The number of ether oxygens (including phenoxy) is 1. The van der Waals surface area contributed by atoms with Gasteiger partial charge in [-0.2, -0.15) is 0 Å². The molecular formula is C20H20O. The number of benzene rings is 3. The van der Waals surface area contributed by atoms with Crippen molar-refractivity contribution in [2.45, 2.75) is 19.8 Å². The highest BCUT2D eigenvalue weighted by Crippen LogP contribution is 2.32. The lowest BCUT2D eigenvalue weighted by Gasteiger charge is -2.12. The minimum Gasteiger partial charge on any atom is -0.493 e. The second kappa shape index (κ2) is 6.45. The van der Waals surface area contributed by atoms with Crippen molar-refractivity contribution in [1.29, 1.82) is 0 Å². The molecule has 0 aliphatic heterocycles. The highest BCUT2D eigenvalue weighted by atomic mass is 16.5. The summed E-state index contributed by atoms with van der Waals surface area (Å²) in [5.41, 5.74) is 2.43.